The van der Waals surface area contributed by atoms with Gasteiger partial charge in [0.05, 0.1) is 18.0 Å². The summed E-state index contributed by atoms with van der Waals surface area (Å²) in [6.45, 7) is 0. The predicted octanol–water partition coefficient (Wildman–Crippen LogP) is 2.11. The molecule has 2 aromatic heterocycles. The van der Waals surface area contributed by atoms with E-state index in [9.17, 15) is 9.18 Å². The maximum absolute atomic E-state index is 12.9. The number of amides is 1. The van der Waals surface area contributed by atoms with Crippen molar-refractivity contribution in [3.8, 4) is 0 Å². The van der Waals surface area contributed by atoms with Crippen molar-refractivity contribution >= 4 is 23.2 Å². The number of pyridine rings is 1. The molecule has 1 amide bonds. The Hall–Kier alpha value is -1.95. The van der Waals surface area contributed by atoms with Crippen LogP contribution in [0.25, 0.3) is 0 Å². The molecule has 0 aliphatic carbocycles. The second kappa shape index (κ2) is 4.28. The third-order valence-corrected chi connectivity index (χ3v) is 2.04. The van der Waals surface area contributed by atoms with Gasteiger partial charge in [0.2, 0.25) is 0 Å². The largest absolute Gasteiger partial charge is 0.363 e. The van der Waals surface area contributed by atoms with E-state index in [1.807, 2.05) is 0 Å². The maximum atomic E-state index is 12.9. The van der Waals surface area contributed by atoms with Gasteiger partial charge in [0, 0.05) is 0 Å². The number of anilines is 1. The lowest BCUT2D eigenvalue weighted by Crippen LogP contribution is -2.12. The Morgan fingerprint density at radius 2 is 2.31 bits per heavy atom. The van der Waals surface area contributed by atoms with Crippen LogP contribution in [0.5, 0.6) is 0 Å². The Labute approximate surface area is 94.2 Å². The predicted molar refractivity (Wildman–Crippen MR) is 53.7 cm³/mol. The van der Waals surface area contributed by atoms with Gasteiger partial charge in [-0.2, -0.15) is 0 Å². The number of halogens is 2. The van der Waals surface area contributed by atoms with Gasteiger partial charge < -0.3 is 9.84 Å². The number of hydrogen-bond acceptors (Lipinski definition) is 4. The summed E-state index contributed by atoms with van der Waals surface area (Å²) < 4.78 is 17.4. The van der Waals surface area contributed by atoms with Crippen LogP contribution in [0.2, 0.25) is 5.15 Å². The molecule has 0 radical (unpaired) electrons. The van der Waals surface area contributed by atoms with Gasteiger partial charge in [0.1, 0.15) is 22.9 Å². The summed E-state index contributed by atoms with van der Waals surface area (Å²) >= 11 is 5.65. The fourth-order valence-electron chi connectivity index (χ4n) is 1.05. The third kappa shape index (κ3) is 2.17. The van der Waals surface area contributed by atoms with Crippen molar-refractivity contribution in [2.75, 3.05) is 5.32 Å². The Morgan fingerprint density at radius 3 is 3.00 bits per heavy atom. The minimum absolute atomic E-state index is 0.0529. The van der Waals surface area contributed by atoms with Crippen molar-refractivity contribution in [1.82, 2.24) is 10.1 Å². The molecule has 0 bridgehead atoms. The molecule has 1 N–H and O–H groups in total. The highest BCUT2D eigenvalue weighted by molar-refractivity contribution is 6.33. The van der Waals surface area contributed by atoms with Gasteiger partial charge >= 0.3 is 0 Å². The van der Waals surface area contributed by atoms with Crippen molar-refractivity contribution < 1.29 is 13.7 Å². The number of nitrogens with zero attached hydrogens (tertiary/aromatic N) is 2. The molecule has 2 heterocycles. The summed E-state index contributed by atoms with van der Waals surface area (Å²) in [5, 5.41) is 5.74. The summed E-state index contributed by atoms with van der Waals surface area (Å²) in [6.07, 6.45) is 3.47. The van der Waals surface area contributed by atoms with E-state index < -0.39 is 11.7 Å². The molecule has 0 saturated carbocycles. The zero-order valence-corrected chi connectivity index (χ0v) is 8.53. The number of rotatable bonds is 2. The van der Waals surface area contributed by atoms with Gasteiger partial charge in [-0.1, -0.05) is 16.8 Å². The standard InChI is InChI=1S/C9H5ClFN3O2/c10-8-7(1-5(11)2-12-8)9(15)14-6-3-13-16-4-6/h1-4H,(H,14,15). The first-order chi connectivity index (χ1) is 7.66. The van der Waals surface area contributed by atoms with E-state index in [1.165, 1.54) is 12.5 Å². The first-order valence-corrected chi connectivity index (χ1v) is 4.56. The smallest absolute Gasteiger partial charge is 0.259 e. The van der Waals surface area contributed by atoms with Crippen molar-refractivity contribution in [2.24, 2.45) is 0 Å². The topological polar surface area (TPSA) is 68.0 Å². The molecule has 2 rings (SSSR count). The quantitative estimate of drug-likeness (QED) is 0.818. The van der Waals surface area contributed by atoms with Crippen LogP contribution >= 0.6 is 11.6 Å². The normalized spacial score (nSPS) is 10.1. The molecule has 0 spiro atoms. The molecule has 0 aliphatic rings. The van der Waals surface area contributed by atoms with Crippen LogP contribution in [-0.2, 0) is 0 Å². The molecular formula is C9H5ClFN3O2. The Balaban J connectivity index is 2.24. The molecule has 0 aromatic carbocycles. The number of nitrogens with one attached hydrogen (secondary N) is 1. The first kappa shape index (κ1) is 10.6. The number of hydrogen-bond donors (Lipinski definition) is 1. The molecule has 82 valence electrons. The monoisotopic (exact) mass is 241 g/mol. The number of aromatic nitrogens is 2. The molecular weight excluding hydrogens is 237 g/mol. The summed E-state index contributed by atoms with van der Waals surface area (Å²) in [7, 11) is 0. The molecule has 2 aromatic rings. The SMILES string of the molecule is O=C(Nc1cnoc1)c1cc(F)cnc1Cl. The van der Waals surface area contributed by atoms with Crippen molar-refractivity contribution in [3.05, 3.63) is 41.3 Å². The Bertz CT molecular complexity index is 515. The zero-order valence-electron chi connectivity index (χ0n) is 7.78. The van der Waals surface area contributed by atoms with E-state index in [-0.39, 0.29) is 10.7 Å². The van der Waals surface area contributed by atoms with Crippen LogP contribution in [0, 0.1) is 5.82 Å². The van der Waals surface area contributed by atoms with Crippen molar-refractivity contribution in [2.45, 2.75) is 0 Å². The molecule has 16 heavy (non-hydrogen) atoms. The Morgan fingerprint density at radius 1 is 1.50 bits per heavy atom. The van der Waals surface area contributed by atoms with E-state index in [4.69, 9.17) is 11.6 Å². The first-order valence-electron chi connectivity index (χ1n) is 4.18. The van der Waals surface area contributed by atoms with E-state index >= 15 is 0 Å². The van der Waals surface area contributed by atoms with Gasteiger partial charge in [-0.25, -0.2) is 9.37 Å². The summed E-state index contributed by atoms with van der Waals surface area (Å²) in [5.41, 5.74) is 0.299. The van der Waals surface area contributed by atoms with Gasteiger partial charge in [-0.15, -0.1) is 0 Å². The van der Waals surface area contributed by atoms with Crippen LogP contribution in [0.1, 0.15) is 10.4 Å². The summed E-state index contributed by atoms with van der Waals surface area (Å²) in [5.74, 6) is -1.22. The molecule has 7 heteroatoms. The lowest BCUT2D eigenvalue weighted by molar-refractivity contribution is 0.102. The van der Waals surface area contributed by atoms with Crippen LogP contribution in [0.4, 0.5) is 10.1 Å². The maximum Gasteiger partial charge on any atom is 0.259 e. The lowest BCUT2D eigenvalue weighted by Gasteiger charge is -2.03. The third-order valence-electron chi connectivity index (χ3n) is 1.74. The average molecular weight is 242 g/mol. The lowest BCUT2D eigenvalue weighted by atomic mass is 10.2. The van der Waals surface area contributed by atoms with Gasteiger partial charge in [-0.05, 0) is 6.07 Å². The number of carbonyl (C=O) groups excluding carboxylic acids is 1. The number of carbonyl (C=O) groups is 1. The van der Waals surface area contributed by atoms with Gasteiger partial charge in [0.25, 0.3) is 5.91 Å². The van der Waals surface area contributed by atoms with Crippen LogP contribution in [0.15, 0.2) is 29.2 Å². The van der Waals surface area contributed by atoms with E-state index in [1.54, 1.807) is 0 Å². The van der Waals surface area contributed by atoms with Crippen molar-refractivity contribution in [3.63, 3.8) is 0 Å². The molecule has 0 aliphatic heterocycles. The van der Waals surface area contributed by atoms with Crippen LogP contribution in [-0.4, -0.2) is 16.0 Å². The highest BCUT2D eigenvalue weighted by atomic mass is 35.5. The second-order valence-corrected chi connectivity index (χ2v) is 3.22. The summed E-state index contributed by atoms with van der Waals surface area (Å²) in [6, 6.07) is 0.998. The Kier molecular flexibility index (Phi) is 2.82. The average Bonchev–Trinajstić information content (AvgIpc) is 2.74. The fraction of sp³-hybridized carbons (Fsp3) is 0. The summed E-state index contributed by atoms with van der Waals surface area (Å²) in [4.78, 5) is 15.1. The van der Waals surface area contributed by atoms with Crippen molar-refractivity contribution in [1.29, 1.82) is 0 Å². The molecule has 0 saturated heterocycles. The molecule has 0 fully saturated rings. The zero-order chi connectivity index (χ0) is 11.5. The van der Waals surface area contributed by atoms with Crippen LogP contribution < -0.4 is 5.32 Å². The van der Waals surface area contributed by atoms with E-state index in [2.05, 4.69) is 20.0 Å². The van der Waals surface area contributed by atoms with Gasteiger partial charge in [-0.3, -0.25) is 4.79 Å². The molecule has 0 atom stereocenters. The van der Waals surface area contributed by atoms with E-state index in [0.29, 0.717) is 5.69 Å². The highest BCUT2D eigenvalue weighted by Gasteiger charge is 2.13. The molecule has 0 unspecified atom stereocenters. The van der Waals surface area contributed by atoms with E-state index in [0.717, 1.165) is 12.3 Å². The second-order valence-electron chi connectivity index (χ2n) is 2.86. The fourth-order valence-corrected chi connectivity index (χ4v) is 1.24. The minimum atomic E-state index is -0.639. The van der Waals surface area contributed by atoms with Gasteiger partial charge in [0.15, 0.2) is 0 Å². The molecule has 5 nitrogen and oxygen atoms in total. The highest BCUT2D eigenvalue weighted by Crippen LogP contribution is 2.15. The van der Waals surface area contributed by atoms with Crippen LogP contribution in [0.3, 0.4) is 0 Å². The minimum Gasteiger partial charge on any atom is -0.363 e.